The molecular weight excluding hydrogens is 236 g/mol. The molecule has 1 aromatic carbocycles. The third-order valence-corrected chi connectivity index (χ3v) is 3.99. The number of ether oxygens (including phenoxy) is 1. The molecule has 2 nitrogen and oxygen atoms in total. The van der Waals surface area contributed by atoms with Gasteiger partial charge in [0.1, 0.15) is 5.60 Å². The topological polar surface area (TPSA) is 26.3 Å². The van der Waals surface area contributed by atoms with E-state index in [-0.39, 0.29) is 5.97 Å². The minimum absolute atomic E-state index is 0.224. The van der Waals surface area contributed by atoms with Crippen LogP contribution >= 0.6 is 0 Å². The number of hydrogen-bond donors (Lipinski definition) is 0. The maximum atomic E-state index is 11.2. The highest BCUT2D eigenvalue weighted by molar-refractivity contribution is 5.67. The minimum atomic E-state index is -0.514. The van der Waals surface area contributed by atoms with Gasteiger partial charge in [-0.3, -0.25) is 4.79 Å². The van der Waals surface area contributed by atoms with Crippen molar-refractivity contribution in [1.29, 1.82) is 0 Å². The highest BCUT2D eigenvalue weighted by Crippen LogP contribution is 2.33. The zero-order valence-electron chi connectivity index (χ0n) is 12.5. The summed E-state index contributed by atoms with van der Waals surface area (Å²) in [5, 5.41) is 0. The average molecular weight is 258 g/mol. The van der Waals surface area contributed by atoms with Crippen molar-refractivity contribution < 1.29 is 9.53 Å². The molecular formula is C17H22O2. The third-order valence-electron chi connectivity index (χ3n) is 3.99. The summed E-state index contributed by atoms with van der Waals surface area (Å²) >= 11 is 0. The zero-order chi connectivity index (χ0) is 14.2. The van der Waals surface area contributed by atoms with Gasteiger partial charge in [-0.2, -0.15) is 0 Å². The van der Waals surface area contributed by atoms with Crippen LogP contribution < -0.4 is 0 Å². The molecule has 0 fully saturated rings. The van der Waals surface area contributed by atoms with Gasteiger partial charge < -0.3 is 4.74 Å². The van der Waals surface area contributed by atoms with Crippen molar-refractivity contribution in [1.82, 2.24) is 0 Å². The van der Waals surface area contributed by atoms with Crippen molar-refractivity contribution in [2.24, 2.45) is 0 Å². The van der Waals surface area contributed by atoms with Gasteiger partial charge in [0.05, 0.1) is 0 Å². The van der Waals surface area contributed by atoms with E-state index in [1.54, 1.807) is 0 Å². The molecule has 0 aliphatic heterocycles. The van der Waals surface area contributed by atoms with Crippen molar-refractivity contribution >= 4 is 5.97 Å². The fraction of sp³-hybridized carbons (Fsp3) is 0.471. The van der Waals surface area contributed by atoms with Crippen LogP contribution in [0.4, 0.5) is 0 Å². The summed E-state index contributed by atoms with van der Waals surface area (Å²) in [7, 11) is 0. The lowest BCUT2D eigenvalue weighted by Gasteiger charge is -2.31. The van der Waals surface area contributed by atoms with E-state index in [1.807, 2.05) is 13.8 Å². The van der Waals surface area contributed by atoms with Gasteiger partial charge >= 0.3 is 5.97 Å². The summed E-state index contributed by atoms with van der Waals surface area (Å²) in [5.41, 5.74) is 6.19. The Labute approximate surface area is 115 Å². The van der Waals surface area contributed by atoms with Gasteiger partial charge in [-0.15, -0.1) is 0 Å². The Bertz CT molecular complexity index is 551. The van der Waals surface area contributed by atoms with Gasteiger partial charge in [0, 0.05) is 6.92 Å². The Morgan fingerprint density at radius 1 is 1.16 bits per heavy atom. The van der Waals surface area contributed by atoms with E-state index >= 15 is 0 Å². The van der Waals surface area contributed by atoms with Crippen LogP contribution in [0.3, 0.4) is 0 Å². The molecule has 0 saturated heterocycles. The second kappa shape index (κ2) is 4.84. The number of aryl methyl sites for hydroxylation is 2. The van der Waals surface area contributed by atoms with Crippen LogP contribution in [0.25, 0.3) is 0 Å². The molecule has 2 heteroatoms. The molecule has 2 rings (SSSR count). The van der Waals surface area contributed by atoms with Crippen molar-refractivity contribution in [3.05, 3.63) is 46.0 Å². The van der Waals surface area contributed by atoms with E-state index < -0.39 is 5.60 Å². The van der Waals surface area contributed by atoms with Crippen molar-refractivity contribution in [3.8, 4) is 0 Å². The van der Waals surface area contributed by atoms with Crippen molar-refractivity contribution in [2.45, 2.75) is 53.1 Å². The summed E-state index contributed by atoms with van der Waals surface area (Å²) in [6.07, 6.45) is 4.03. The molecule has 0 spiro atoms. The molecule has 0 N–H and O–H groups in total. The molecule has 0 bridgehead atoms. The quantitative estimate of drug-likeness (QED) is 0.597. The van der Waals surface area contributed by atoms with E-state index in [1.165, 1.54) is 34.8 Å². The Morgan fingerprint density at radius 3 is 2.32 bits per heavy atom. The van der Waals surface area contributed by atoms with E-state index in [9.17, 15) is 4.79 Å². The third kappa shape index (κ3) is 2.73. The van der Waals surface area contributed by atoms with Crippen LogP contribution in [0.5, 0.6) is 0 Å². The number of carbonyl (C=O) groups is 1. The van der Waals surface area contributed by atoms with E-state index in [2.05, 4.69) is 32.1 Å². The molecule has 0 heterocycles. The number of allylic oxidation sites excluding steroid dienone is 1. The summed E-state index contributed by atoms with van der Waals surface area (Å²) in [4.78, 5) is 11.2. The molecule has 0 atom stereocenters. The number of esters is 1. The maximum Gasteiger partial charge on any atom is 0.303 e. The van der Waals surface area contributed by atoms with Gasteiger partial charge in [-0.25, -0.2) is 0 Å². The van der Waals surface area contributed by atoms with E-state index in [0.717, 1.165) is 12.8 Å². The molecule has 0 aromatic heterocycles. The molecule has 19 heavy (non-hydrogen) atoms. The molecule has 1 aliphatic carbocycles. The summed E-state index contributed by atoms with van der Waals surface area (Å²) in [6, 6.07) is 4.36. The first-order valence-corrected chi connectivity index (χ1v) is 6.78. The number of hydrogen-bond acceptors (Lipinski definition) is 2. The number of carbonyl (C=O) groups excluding carboxylic acids is 1. The zero-order valence-corrected chi connectivity index (χ0v) is 12.5. The Balaban J connectivity index is 2.33. The normalized spacial score (nSPS) is 14.7. The predicted molar refractivity (Wildman–Crippen MR) is 77.3 cm³/mol. The smallest absolute Gasteiger partial charge is 0.303 e. The second-order valence-electron chi connectivity index (χ2n) is 5.87. The second-order valence-corrected chi connectivity index (χ2v) is 5.87. The highest BCUT2D eigenvalue weighted by Gasteiger charge is 2.29. The van der Waals surface area contributed by atoms with Gasteiger partial charge in [-0.1, -0.05) is 18.2 Å². The lowest BCUT2D eigenvalue weighted by Crippen LogP contribution is -2.32. The van der Waals surface area contributed by atoms with Gasteiger partial charge in [-0.05, 0) is 68.4 Å². The largest absolute Gasteiger partial charge is 0.455 e. The van der Waals surface area contributed by atoms with Crippen LogP contribution in [0.1, 0.15) is 43.0 Å². The standard InChI is InChI=1S/C17H22O2/c1-11-6-7-12(2)16-10-14(8-9-15(11)16)17(4,5)19-13(3)18/h6-8H,9-10H2,1-5H3. The minimum Gasteiger partial charge on any atom is -0.455 e. The Morgan fingerprint density at radius 2 is 1.74 bits per heavy atom. The summed E-state index contributed by atoms with van der Waals surface area (Å²) in [5.74, 6) is -0.224. The summed E-state index contributed by atoms with van der Waals surface area (Å²) in [6.45, 7) is 9.72. The molecule has 102 valence electrons. The average Bonchev–Trinajstić information content (AvgIpc) is 2.32. The Hall–Kier alpha value is -1.57. The van der Waals surface area contributed by atoms with E-state index in [4.69, 9.17) is 4.74 Å². The summed E-state index contributed by atoms with van der Waals surface area (Å²) < 4.78 is 5.46. The lowest BCUT2D eigenvalue weighted by molar-refractivity contribution is -0.150. The van der Waals surface area contributed by atoms with Crippen LogP contribution in [0.2, 0.25) is 0 Å². The van der Waals surface area contributed by atoms with Crippen LogP contribution in [0, 0.1) is 13.8 Å². The Kier molecular flexibility index (Phi) is 3.53. The first-order chi connectivity index (χ1) is 8.81. The SMILES string of the molecule is CC(=O)OC(C)(C)C1=CCc2c(C)ccc(C)c2C1. The first kappa shape index (κ1) is 13.9. The van der Waals surface area contributed by atoms with Crippen LogP contribution in [0.15, 0.2) is 23.8 Å². The highest BCUT2D eigenvalue weighted by atomic mass is 16.6. The number of fused-ring (bicyclic) bond motifs is 1. The molecule has 0 amide bonds. The van der Waals surface area contributed by atoms with Gasteiger partial charge in [0.15, 0.2) is 0 Å². The van der Waals surface area contributed by atoms with E-state index in [0.29, 0.717) is 0 Å². The monoisotopic (exact) mass is 258 g/mol. The molecule has 1 aromatic rings. The number of rotatable bonds is 2. The van der Waals surface area contributed by atoms with Crippen molar-refractivity contribution in [2.75, 3.05) is 0 Å². The van der Waals surface area contributed by atoms with Crippen molar-refractivity contribution in [3.63, 3.8) is 0 Å². The fourth-order valence-corrected chi connectivity index (χ4v) is 2.83. The molecule has 0 radical (unpaired) electrons. The van der Waals surface area contributed by atoms with Gasteiger partial charge in [0.25, 0.3) is 0 Å². The molecule has 1 aliphatic rings. The van der Waals surface area contributed by atoms with Gasteiger partial charge in [0.2, 0.25) is 0 Å². The number of benzene rings is 1. The molecule has 0 unspecified atom stereocenters. The lowest BCUT2D eigenvalue weighted by atomic mass is 9.81. The predicted octanol–water partition coefficient (Wildman–Crippen LogP) is 3.67. The molecule has 0 saturated carbocycles. The van der Waals surface area contributed by atoms with Crippen LogP contribution in [-0.2, 0) is 22.4 Å². The van der Waals surface area contributed by atoms with Crippen LogP contribution in [-0.4, -0.2) is 11.6 Å². The maximum absolute atomic E-state index is 11.2. The fourth-order valence-electron chi connectivity index (χ4n) is 2.83. The first-order valence-electron chi connectivity index (χ1n) is 6.78.